The van der Waals surface area contributed by atoms with Crippen molar-refractivity contribution in [2.45, 2.75) is 26.7 Å². The van der Waals surface area contributed by atoms with Crippen LogP contribution in [0.4, 0.5) is 0 Å². The second kappa shape index (κ2) is 9.11. The van der Waals surface area contributed by atoms with Crippen LogP contribution < -0.4 is 10.1 Å². The highest BCUT2D eigenvalue weighted by molar-refractivity contribution is 9.10. The van der Waals surface area contributed by atoms with E-state index in [1.165, 1.54) is 6.08 Å². The number of aromatic hydroxyl groups is 1. The summed E-state index contributed by atoms with van der Waals surface area (Å²) in [6, 6.07) is 5.10. The number of hydrogen-bond donors (Lipinski definition) is 2. The Morgan fingerprint density at radius 2 is 2.23 bits per heavy atom. The van der Waals surface area contributed by atoms with Crippen molar-refractivity contribution in [3.8, 4) is 17.6 Å². The summed E-state index contributed by atoms with van der Waals surface area (Å²) in [6.07, 6.45) is 3.30. The first kappa shape index (κ1) is 18.1. The van der Waals surface area contributed by atoms with Crippen LogP contribution >= 0.6 is 15.9 Å². The van der Waals surface area contributed by atoms with Gasteiger partial charge in [0.15, 0.2) is 11.5 Å². The van der Waals surface area contributed by atoms with E-state index < -0.39 is 5.91 Å². The Labute approximate surface area is 138 Å². The molecule has 0 heterocycles. The van der Waals surface area contributed by atoms with E-state index in [0.29, 0.717) is 28.9 Å². The van der Waals surface area contributed by atoms with Crippen LogP contribution in [0.5, 0.6) is 11.5 Å². The highest BCUT2D eigenvalue weighted by Gasteiger charge is 2.12. The van der Waals surface area contributed by atoms with Gasteiger partial charge in [0.1, 0.15) is 11.6 Å². The fraction of sp³-hybridized carbons (Fsp3) is 0.375. The van der Waals surface area contributed by atoms with Crippen LogP contribution in [-0.2, 0) is 4.79 Å². The maximum absolute atomic E-state index is 11.9. The Morgan fingerprint density at radius 3 is 2.82 bits per heavy atom. The minimum Gasteiger partial charge on any atom is -0.503 e. The van der Waals surface area contributed by atoms with Crippen LogP contribution in [0.25, 0.3) is 6.08 Å². The molecule has 0 aliphatic carbocycles. The summed E-state index contributed by atoms with van der Waals surface area (Å²) in [5.74, 6) is -0.116. The highest BCUT2D eigenvalue weighted by Crippen LogP contribution is 2.36. The third kappa shape index (κ3) is 5.08. The molecule has 0 spiro atoms. The quantitative estimate of drug-likeness (QED) is 0.440. The zero-order valence-corrected chi connectivity index (χ0v) is 14.2. The van der Waals surface area contributed by atoms with Crippen LogP contribution in [0, 0.1) is 11.3 Å². The molecule has 5 nitrogen and oxygen atoms in total. The van der Waals surface area contributed by atoms with Crippen LogP contribution in [-0.4, -0.2) is 24.2 Å². The van der Waals surface area contributed by atoms with Gasteiger partial charge in [0.2, 0.25) is 0 Å². The summed E-state index contributed by atoms with van der Waals surface area (Å²) in [6.45, 7) is 4.77. The average molecular weight is 367 g/mol. The molecule has 1 aromatic rings. The van der Waals surface area contributed by atoms with E-state index in [2.05, 4.69) is 21.2 Å². The topological polar surface area (TPSA) is 82.4 Å². The van der Waals surface area contributed by atoms with E-state index in [9.17, 15) is 9.90 Å². The van der Waals surface area contributed by atoms with Crippen LogP contribution in [0.1, 0.15) is 32.3 Å². The molecule has 0 fully saturated rings. The number of rotatable bonds is 7. The Morgan fingerprint density at radius 1 is 1.50 bits per heavy atom. The van der Waals surface area contributed by atoms with Gasteiger partial charge in [-0.1, -0.05) is 13.3 Å². The molecule has 0 saturated heterocycles. The van der Waals surface area contributed by atoms with Gasteiger partial charge in [-0.2, -0.15) is 5.26 Å². The van der Waals surface area contributed by atoms with Crippen molar-refractivity contribution in [2.75, 3.05) is 13.2 Å². The Kier molecular flexibility index (Phi) is 7.47. The number of hydrogen-bond acceptors (Lipinski definition) is 4. The number of nitriles is 1. The van der Waals surface area contributed by atoms with E-state index in [4.69, 9.17) is 10.00 Å². The monoisotopic (exact) mass is 366 g/mol. The lowest BCUT2D eigenvalue weighted by Gasteiger charge is -2.09. The van der Waals surface area contributed by atoms with Crippen molar-refractivity contribution in [1.82, 2.24) is 5.32 Å². The fourth-order valence-corrected chi connectivity index (χ4v) is 2.19. The third-order valence-electron chi connectivity index (χ3n) is 2.84. The largest absolute Gasteiger partial charge is 0.503 e. The molecule has 0 unspecified atom stereocenters. The molecule has 2 N–H and O–H groups in total. The molecular weight excluding hydrogens is 348 g/mol. The number of carbonyl (C=O) groups is 1. The van der Waals surface area contributed by atoms with Gasteiger partial charge in [0.05, 0.1) is 11.1 Å². The van der Waals surface area contributed by atoms with E-state index in [1.807, 2.05) is 13.0 Å². The number of nitrogens with one attached hydrogen (secondary N) is 1. The fourth-order valence-electron chi connectivity index (χ4n) is 1.73. The molecule has 0 aromatic heterocycles. The predicted molar refractivity (Wildman–Crippen MR) is 88.5 cm³/mol. The summed E-state index contributed by atoms with van der Waals surface area (Å²) in [7, 11) is 0. The zero-order chi connectivity index (χ0) is 16.5. The molecule has 0 saturated carbocycles. The van der Waals surface area contributed by atoms with Gasteiger partial charge >= 0.3 is 0 Å². The lowest BCUT2D eigenvalue weighted by molar-refractivity contribution is -0.117. The molecule has 1 rings (SSSR count). The SMILES string of the molecule is CCCCNC(=O)/C(C#N)=C\c1cc(Br)c(O)c(OCC)c1. The lowest BCUT2D eigenvalue weighted by atomic mass is 10.1. The number of nitrogens with zero attached hydrogens (tertiary/aromatic N) is 1. The minimum atomic E-state index is -0.405. The number of benzene rings is 1. The average Bonchev–Trinajstić information content (AvgIpc) is 2.50. The molecule has 0 radical (unpaired) electrons. The molecule has 0 aliphatic rings. The van der Waals surface area contributed by atoms with Gasteiger partial charge in [0, 0.05) is 6.54 Å². The molecule has 6 heteroatoms. The Bertz CT molecular complexity index is 606. The number of halogens is 1. The number of carbonyl (C=O) groups excluding carboxylic acids is 1. The first-order valence-corrected chi connectivity index (χ1v) is 7.88. The summed E-state index contributed by atoms with van der Waals surface area (Å²) < 4.78 is 5.76. The third-order valence-corrected chi connectivity index (χ3v) is 3.45. The molecular formula is C16H19BrN2O3. The summed E-state index contributed by atoms with van der Waals surface area (Å²) in [4.78, 5) is 11.9. The van der Waals surface area contributed by atoms with Crippen LogP contribution in [0.15, 0.2) is 22.2 Å². The summed E-state index contributed by atoms with van der Waals surface area (Å²) in [5, 5.41) is 21.7. The number of phenols is 1. The molecule has 0 atom stereocenters. The number of unbranched alkanes of at least 4 members (excludes halogenated alkanes) is 1. The number of ether oxygens (including phenoxy) is 1. The number of amides is 1. The Hall–Kier alpha value is -2.00. The minimum absolute atomic E-state index is 0.00935. The molecule has 118 valence electrons. The van der Waals surface area contributed by atoms with Gasteiger partial charge in [-0.15, -0.1) is 0 Å². The predicted octanol–water partition coefficient (Wildman–Crippen LogP) is 3.38. The van der Waals surface area contributed by atoms with Crippen molar-refractivity contribution in [3.63, 3.8) is 0 Å². The molecule has 22 heavy (non-hydrogen) atoms. The van der Waals surface area contributed by atoms with Crippen molar-refractivity contribution in [2.24, 2.45) is 0 Å². The maximum atomic E-state index is 11.9. The smallest absolute Gasteiger partial charge is 0.261 e. The zero-order valence-electron chi connectivity index (χ0n) is 12.6. The van der Waals surface area contributed by atoms with Gasteiger partial charge in [0.25, 0.3) is 5.91 Å². The normalized spacial score (nSPS) is 10.9. The second-order valence-corrected chi connectivity index (χ2v) is 5.42. The van der Waals surface area contributed by atoms with Gasteiger partial charge in [-0.3, -0.25) is 4.79 Å². The van der Waals surface area contributed by atoms with Gasteiger partial charge < -0.3 is 15.2 Å². The van der Waals surface area contributed by atoms with Gasteiger partial charge in [-0.25, -0.2) is 0 Å². The molecule has 1 aromatic carbocycles. The lowest BCUT2D eigenvalue weighted by Crippen LogP contribution is -2.25. The summed E-state index contributed by atoms with van der Waals surface area (Å²) in [5.41, 5.74) is 0.603. The standard InChI is InChI=1S/C16H19BrN2O3/c1-3-5-6-19-16(21)12(10-18)7-11-8-13(17)15(20)14(9-11)22-4-2/h7-9,20H,3-6H2,1-2H3,(H,19,21)/b12-7-. The van der Waals surface area contributed by atoms with Gasteiger partial charge in [-0.05, 0) is 53.0 Å². The molecule has 1 amide bonds. The molecule has 0 aliphatic heterocycles. The summed E-state index contributed by atoms with van der Waals surface area (Å²) >= 11 is 3.22. The van der Waals surface area contributed by atoms with Crippen LogP contribution in [0.3, 0.4) is 0 Å². The first-order valence-electron chi connectivity index (χ1n) is 7.08. The van der Waals surface area contributed by atoms with Crippen molar-refractivity contribution in [3.05, 3.63) is 27.7 Å². The van der Waals surface area contributed by atoms with E-state index in [1.54, 1.807) is 19.1 Å². The Balaban J connectivity index is 3.02. The second-order valence-electron chi connectivity index (χ2n) is 4.56. The number of phenolic OH excluding ortho intramolecular Hbond substituents is 1. The molecule has 0 bridgehead atoms. The van der Waals surface area contributed by atoms with Crippen molar-refractivity contribution in [1.29, 1.82) is 5.26 Å². The van der Waals surface area contributed by atoms with E-state index in [0.717, 1.165) is 12.8 Å². The van der Waals surface area contributed by atoms with Crippen molar-refractivity contribution < 1.29 is 14.6 Å². The van der Waals surface area contributed by atoms with E-state index >= 15 is 0 Å². The van der Waals surface area contributed by atoms with Crippen molar-refractivity contribution >= 4 is 27.9 Å². The first-order chi connectivity index (χ1) is 10.5. The maximum Gasteiger partial charge on any atom is 0.261 e. The highest BCUT2D eigenvalue weighted by atomic mass is 79.9. The van der Waals surface area contributed by atoms with Crippen LogP contribution in [0.2, 0.25) is 0 Å². The van der Waals surface area contributed by atoms with E-state index in [-0.39, 0.29) is 11.3 Å².